The van der Waals surface area contributed by atoms with Crippen LogP contribution in [0.2, 0.25) is 0 Å². The molecule has 4 heteroatoms. The molecule has 2 rings (SSSR count). The van der Waals surface area contributed by atoms with E-state index in [2.05, 4.69) is 10.4 Å². The first kappa shape index (κ1) is 5.95. The van der Waals surface area contributed by atoms with Gasteiger partial charge in [0.25, 0.3) is 0 Å². The number of nitrogens with one attached hydrogen (secondary N) is 1. The number of rotatable bonds is 0. The molecule has 0 saturated carbocycles. The molecule has 1 aliphatic heterocycles. The quantitative estimate of drug-likeness (QED) is 0.574. The topological polar surface area (TPSA) is 28.2 Å². The van der Waals surface area contributed by atoms with Crippen LogP contribution in [0.25, 0.3) is 0 Å². The Morgan fingerprint density at radius 2 is 2.60 bits per heavy atom. The van der Waals surface area contributed by atoms with Crippen molar-refractivity contribution in [2.45, 2.75) is 6.54 Å². The Balaban J connectivity index is 2.42. The van der Waals surface area contributed by atoms with E-state index < -0.39 is 0 Å². The number of anilines is 1. The summed E-state index contributed by atoms with van der Waals surface area (Å²) in [5.74, 6) is 0.859. The summed E-state index contributed by atoms with van der Waals surface area (Å²) in [4.78, 5) is 4.07. The van der Waals surface area contributed by atoms with Gasteiger partial charge in [0.05, 0.1) is 6.54 Å². The molecule has 10 heavy (non-hydrogen) atoms. The number of hydrogen-bond donors (Lipinski definition) is 1. The minimum absolute atomic E-state index is 0.713. The molecular formula is C6H6ClN3. The number of aromatic nitrogens is 1. The van der Waals surface area contributed by atoms with Gasteiger partial charge in [0.1, 0.15) is 5.82 Å². The maximum absolute atomic E-state index is 5.66. The van der Waals surface area contributed by atoms with Crippen molar-refractivity contribution >= 4 is 17.6 Å². The number of nitrogens with zero attached hydrogens (tertiary/aromatic N) is 2. The molecule has 0 amide bonds. The van der Waals surface area contributed by atoms with Gasteiger partial charge in [-0.05, 0) is 6.07 Å². The molecule has 3 nitrogen and oxygen atoms in total. The molecule has 1 aromatic rings. The van der Waals surface area contributed by atoms with Crippen LogP contribution in [0.3, 0.4) is 0 Å². The summed E-state index contributed by atoms with van der Waals surface area (Å²) in [6.07, 6.45) is 1.74. The third-order valence-corrected chi connectivity index (χ3v) is 1.63. The lowest BCUT2D eigenvalue weighted by atomic mass is 10.3. The third-order valence-electron chi connectivity index (χ3n) is 1.43. The average Bonchev–Trinajstić information content (AvgIpc) is 2.27. The molecule has 2 heterocycles. The van der Waals surface area contributed by atoms with Crippen molar-refractivity contribution in [1.82, 2.24) is 9.51 Å². The van der Waals surface area contributed by atoms with Crippen molar-refractivity contribution in [2.75, 3.05) is 5.43 Å². The molecule has 0 aromatic carbocycles. The smallest absolute Gasteiger partial charge is 0.145 e. The maximum atomic E-state index is 5.66. The van der Waals surface area contributed by atoms with Crippen LogP contribution in [-0.4, -0.2) is 9.51 Å². The molecule has 1 aliphatic rings. The lowest BCUT2D eigenvalue weighted by Gasteiger charge is -2.01. The summed E-state index contributed by atoms with van der Waals surface area (Å²) >= 11 is 5.66. The number of fused-ring (bicyclic) bond motifs is 1. The Morgan fingerprint density at radius 1 is 1.70 bits per heavy atom. The first-order chi connectivity index (χ1) is 4.86. The fourth-order valence-corrected chi connectivity index (χ4v) is 1.18. The van der Waals surface area contributed by atoms with E-state index in [9.17, 15) is 0 Å². The van der Waals surface area contributed by atoms with Crippen LogP contribution < -0.4 is 5.43 Å². The van der Waals surface area contributed by atoms with Gasteiger partial charge in [-0.25, -0.2) is 4.98 Å². The third kappa shape index (κ3) is 0.836. The second-order valence-corrected chi connectivity index (χ2v) is 2.55. The Hall–Kier alpha value is -0.800. The summed E-state index contributed by atoms with van der Waals surface area (Å²) in [5.41, 5.74) is 4.02. The van der Waals surface area contributed by atoms with Crippen LogP contribution in [0.1, 0.15) is 5.56 Å². The molecule has 0 unspecified atom stereocenters. The molecule has 1 N–H and O–H groups in total. The Morgan fingerprint density at radius 3 is 3.40 bits per heavy atom. The van der Waals surface area contributed by atoms with Crippen LogP contribution in [0.15, 0.2) is 18.3 Å². The zero-order valence-electron chi connectivity index (χ0n) is 5.21. The van der Waals surface area contributed by atoms with Gasteiger partial charge in [-0.2, -0.15) is 0 Å². The van der Waals surface area contributed by atoms with Gasteiger partial charge in [-0.3, -0.25) is 5.43 Å². The van der Waals surface area contributed by atoms with Gasteiger partial charge in [0.2, 0.25) is 0 Å². The van der Waals surface area contributed by atoms with Gasteiger partial charge < -0.3 is 0 Å². The van der Waals surface area contributed by atoms with Crippen LogP contribution in [0, 0.1) is 0 Å². The summed E-state index contributed by atoms with van der Waals surface area (Å²) in [6, 6.07) is 3.90. The zero-order valence-corrected chi connectivity index (χ0v) is 5.97. The number of pyridine rings is 1. The molecule has 0 atom stereocenters. The number of halogens is 1. The summed E-state index contributed by atoms with van der Waals surface area (Å²) in [6.45, 7) is 0.713. The molecule has 0 bridgehead atoms. The van der Waals surface area contributed by atoms with Crippen LogP contribution in [0.4, 0.5) is 5.82 Å². The highest BCUT2D eigenvalue weighted by Gasteiger charge is 2.15. The van der Waals surface area contributed by atoms with Crippen molar-refractivity contribution in [1.29, 1.82) is 0 Å². The summed E-state index contributed by atoms with van der Waals surface area (Å²) in [5, 5.41) is 0. The predicted octanol–water partition coefficient (Wildman–Crippen LogP) is 1.38. The normalized spacial score (nSPS) is 16.5. The molecule has 1 aromatic heterocycles. The van der Waals surface area contributed by atoms with E-state index in [1.54, 1.807) is 6.20 Å². The molecular weight excluding hydrogens is 150 g/mol. The second-order valence-electron chi connectivity index (χ2n) is 2.14. The molecule has 0 aliphatic carbocycles. The minimum Gasteiger partial charge on any atom is -0.288 e. The summed E-state index contributed by atoms with van der Waals surface area (Å²) < 4.78 is 1.48. The number of hydrogen-bond acceptors (Lipinski definition) is 3. The van der Waals surface area contributed by atoms with E-state index in [1.807, 2.05) is 12.1 Å². The van der Waals surface area contributed by atoms with E-state index in [0.717, 1.165) is 11.4 Å². The monoisotopic (exact) mass is 155 g/mol. The molecule has 52 valence electrons. The molecule has 0 spiro atoms. The highest BCUT2D eigenvalue weighted by atomic mass is 35.5. The van der Waals surface area contributed by atoms with Gasteiger partial charge in [0.15, 0.2) is 0 Å². The lowest BCUT2D eigenvalue weighted by molar-refractivity contribution is 0.571. The average molecular weight is 156 g/mol. The first-order valence-corrected chi connectivity index (χ1v) is 3.34. The highest BCUT2D eigenvalue weighted by Crippen LogP contribution is 2.22. The van der Waals surface area contributed by atoms with Gasteiger partial charge in [0, 0.05) is 23.5 Å². The van der Waals surface area contributed by atoms with Crippen LogP contribution in [-0.2, 0) is 6.54 Å². The van der Waals surface area contributed by atoms with Crippen molar-refractivity contribution in [3.8, 4) is 0 Å². The first-order valence-electron chi connectivity index (χ1n) is 3.00. The van der Waals surface area contributed by atoms with E-state index in [4.69, 9.17) is 11.8 Å². The fourth-order valence-electron chi connectivity index (χ4n) is 0.971. The SMILES string of the molecule is ClN1Cc2cccnc2N1. The Bertz CT molecular complexity index is 226. The zero-order chi connectivity index (χ0) is 6.97. The van der Waals surface area contributed by atoms with Gasteiger partial charge >= 0.3 is 0 Å². The van der Waals surface area contributed by atoms with E-state index >= 15 is 0 Å². The highest BCUT2D eigenvalue weighted by molar-refractivity contribution is 6.14. The van der Waals surface area contributed by atoms with E-state index in [0.29, 0.717) is 6.54 Å². The molecule has 0 saturated heterocycles. The lowest BCUT2D eigenvalue weighted by Crippen LogP contribution is -2.09. The molecule has 0 fully saturated rings. The Labute approximate surface area is 63.7 Å². The fraction of sp³-hybridized carbons (Fsp3) is 0.167. The largest absolute Gasteiger partial charge is 0.288 e. The van der Waals surface area contributed by atoms with Crippen molar-refractivity contribution in [3.05, 3.63) is 23.9 Å². The second kappa shape index (κ2) is 2.11. The van der Waals surface area contributed by atoms with E-state index in [-0.39, 0.29) is 0 Å². The van der Waals surface area contributed by atoms with Crippen molar-refractivity contribution in [2.24, 2.45) is 0 Å². The van der Waals surface area contributed by atoms with Crippen molar-refractivity contribution < 1.29 is 0 Å². The Kier molecular flexibility index (Phi) is 1.25. The minimum atomic E-state index is 0.713. The van der Waals surface area contributed by atoms with E-state index in [1.165, 1.54) is 4.53 Å². The summed E-state index contributed by atoms with van der Waals surface area (Å²) in [7, 11) is 0. The van der Waals surface area contributed by atoms with Crippen LogP contribution >= 0.6 is 11.8 Å². The maximum Gasteiger partial charge on any atom is 0.145 e. The van der Waals surface area contributed by atoms with Gasteiger partial charge in [-0.1, -0.05) is 6.07 Å². The standard InChI is InChI=1S/C6H6ClN3/c7-10-4-5-2-1-3-8-6(5)9-10/h1-3H,4H2,(H,8,9). The van der Waals surface area contributed by atoms with Gasteiger partial charge in [-0.15, -0.1) is 4.53 Å². The van der Waals surface area contributed by atoms with Crippen LogP contribution in [0.5, 0.6) is 0 Å². The molecule has 0 radical (unpaired) electrons. The van der Waals surface area contributed by atoms with Crippen molar-refractivity contribution in [3.63, 3.8) is 0 Å². The number of hydrazine groups is 1. The predicted molar refractivity (Wildman–Crippen MR) is 39.3 cm³/mol.